The van der Waals surface area contributed by atoms with Gasteiger partial charge in [-0.3, -0.25) is 0 Å². The van der Waals surface area contributed by atoms with Gasteiger partial charge in [0, 0.05) is 11.3 Å². The van der Waals surface area contributed by atoms with Crippen molar-refractivity contribution in [3.05, 3.63) is 65.0 Å². The van der Waals surface area contributed by atoms with Crippen LogP contribution >= 0.6 is 0 Å². The lowest BCUT2D eigenvalue weighted by Crippen LogP contribution is -2.11. The lowest BCUT2D eigenvalue weighted by atomic mass is 9.98. The first-order valence-corrected chi connectivity index (χ1v) is 5.70. The van der Waals surface area contributed by atoms with Gasteiger partial charge in [0.25, 0.3) is 0 Å². The summed E-state index contributed by atoms with van der Waals surface area (Å²) in [7, 11) is 0. The smallest absolute Gasteiger partial charge is 0.398 e. The lowest BCUT2D eigenvalue weighted by Gasteiger charge is -2.16. The number of nitrogen functional groups attached to an aromatic ring is 1. The van der Waals surface area contributed by atoms with Crippen LogP contribution in [0.5, 0.6) is 0 Å². The number of aliphatic hydroxyl groups excluding tert-OH is 1. The highest BCUT2D eigenvalue weighted by atomic mass is 19.4. The highest BCUT2D eigenvalue weighted by molar-refractivity contribution is 5.50. The summed E-state index contributed by atoms with van der Waals surface area (Å²) in [6.07, 6.45) is -6.17. The van der Waals surface area contributed by atoms with Crippen LogP contribution in [0, 0.1) is 5.82 Å². The van der Waals surface area contributed by atoms with E-state index in [-0.39, 0.29) is 16.8 Å². The molecule has 3 N–H and O–H groups in total. The van der Waals surface area contributed by atoms with Crippen molar-refractivity contribution in [2.24, 2.45) is 0 Å². The highest BCUT2D eigenvalue weighted by Crippen LogP contribution is 2.34. The fraction of sp³-hybridized carbons (Fsp3) is 0.143. The quantitative estimate of drug-likeness (QED) is 0.655. The molecule has 2 nitrogen and oxygen atoms in total. The molecule has 0 radical (unpaired) electrons. The van der Waals surface area contributed by atoms with Crippen LogP contribution in [0.3, 0.4) is 0 Å². The Balaban J connectivity index is 2.46. The van der Waals surface area contributed by atoms with Gasteiger partial charge in [-0.25, -0.2) is 4.39 Å². The predicted molar refractivity (Wildman–Crippen MR) is 66.3 cm³/mol. The zero-order chi connectivity index (χ0) is 14.9. The summed E-state index contributed by atoms with van der Waals surface area (Å²) >= 11 is 0. The maximum absolute atomic E-state index is 13.2. The van der Waals surface area contributed by atoms with Crippen LogP contribution in [0.25, 0.3) is 0 Å². The van der Waals surface area contributed by atoms with Gasteiger partial charge in [0.15, 0.2) is 0 Å². The van der Waals surface area contributed by atoms with Gasteiger partial charge in [0.2, 0.25) is 0 Å². The molecule has 1 atom stereocenters. The van der Waals surface area contributed by atoms with Crippen molar-refractivity contribution in [1.82, 2.24) is 0 Å². The van der Waals surface area contributed by atoms with E-state index in [4.69, 9.17) is 5.73 Å². The van der Waals surface area contributed by atoms with Gasteiger partial charge in [-0.15, -0.1) is 0 Å². The molecule has 0 aliphatic carbocycles. The summed E-state index contributed by atoms with van der Waals surface area (Å²) in [5, 5.41) is 10.1. The van der Waals surface area contributed by atoms with Crippen LogP contribution in [-0.2, 0) is 6.18 Å². The Labute approximate surface area is 112 Å². The van der Waals surface area contributed by atoms with Crippen molar-refractivity contribution in [3.63, 3.8) is 0 Å². The molecule has 0 aromatic heterocycles. The summed E-state index contributed by atoms with van der Waals surface area (Å²) in [6, 6.07) is 8.62. The SMILES string of the molecule is Nc1ccccc1C(O)c1ccc(F)c(C(F)(F)F)c1. The maximum Gasteiger partial charge on any atom is 0.419 e. The molecule has 0 spiro atoms. The van der Waals surface area contributed by atoms with Gasteiger partial charge < -0.3 is 10.8 Å². The van der Waals surface area contributed by atoms with E-state index < -0.39 is 23.7 Å². The molecule has 0 aliphatic heterocycles. The summed E-state index contributed by atoms with van der Waals surface area (Å²) in [6.45, 7) is 0. The molecule has 2 aromatic carbocycles. The monoisotopic (exact) mass is 285 g/mol. The van der Waals surface area contributed by atoms with E-state index in [0.717, 1.165) is 6.07 Å². The van der Waals surface area contributed by atoms with Gasteiger partial charge in [0.05, 0.1) is 5.56 Å². The number of anilines is 1. The molecule has 1 unspecified atom stereocenters. The molecule has 106 valence electrons. The number of rotatable bonds is 2. The van der Waals surface area contributed by atoms with Gasteiger partial charge in [0.1, 0.15) is 11.9 Å². The van der Waals surface area contributed by atoms with Crippen LogP contribution in [0.1, 0.15) is 22.8 Å². The molecule has 0 saturated carbocycles. The third kappa shape index (κ3) is 2.75. The Kier molecular flexibility index (Phi) is 3.67. The molecule has 2 aromatic rings. The van der Waals surface area contributed by atoms with E-state index in [0.29, 0.717) is 12.1 Å². The molecule has 0 fully saturated rings. The molecule has 0 heterocycles. The van der Waals surface area contributed by atoms with E-state index in [1.54, 1.807) is 12.1 Å². The van der Waals surface area contributed by atoms with Crippen LogP contribution < -0.4 is 5.73 Å². The van der Waals surface area contributed by atoms with E-state index in [2.05, 4.69) is 0 Å². The van der Waals surface area contributed by atoms with Crippen molar-refractivity contribution < 1.29 is 22.7 Å². The minimum absolute atomic E-state index is 0.0726. The molecule has 0 amide bonds. The molecular formula is C14H11F4NO. The van der Waals surface area contributed by atoms with E-state index in [1.165, 1.54) is 12.1 Å². The number of aliphatic hydroxyl groups is 1. The van der Waals surface area contributed by atoms with Gasteiger partial charge in [-0.05, 0) is 23.8 Å². The Morgan fingerprint density at radius 2 is 1.70 bits per heavy atom. The summed E-state index contributed by atoms with van der Waals surface area (Å²) in [4.78, 5) is 0. The molecule has 0 bridgehead atoms. The minimum Gasteiger partial charge on any atom is -0.398 e. The van der Waals surface area contributed by atoms with Crippen LogP contribution in [0.4, 0.5) is 23.2 Å². The topological polar surface area (TPSA) is 46.2 Å². The Bertz CT molecular complexity index is 625. The number of nitrogens with two attached hydrogens (primary N) is 1. The zero-order valence-corrected chi connectivity index (χ0v) is 10.2. The normalized spacial score (nSPS) is 13.2. The molecular weight excluding hydrogens is 274 g/mol. The average Bonchev–Trinajstić information content (AvgIpc) is 2.37. The van der Waals surface area contributed by atoms with Crippen molar-refractivity contribution in [3.8, 4) is 0 Å². The third-order valence-corrected chi connectivity index (χ3v) is 2.90. The molecule has 2 rings (SSSR count). The highest BCUT2D eigenvalue weighted by Gasteiger charge is 2.34. The number of halogens is 4. The third-order valence-electron chi connectivity index (χ3n) is 2.90. The second-order valence-electron chi connectivity index (χ2n) is 4.27. The van der Waals surface area contributed by atoms with Gasteiger partial charge >= 0.3 is 6.18 Å². The van der Waals surface area contributed by atoms with Crippen molar-refractivity contribution in [1.29, 1.82) is 0 Å². The fourth-order valence-electron chi connectivity index (χ4n) is 1.87. The molecule has 0 aliphatic rings. The van der Waals surface area contributed by atoms with Crippen LogP contribution in [0.15, 0.2) is 42.5 Å². The van der Waals surface area contributed by atoms with Crippen molar-refractivity contribution in [2.75, 3.05) is 5.73 Å². The summed E-state index contributed by atoms with van der Waals surface area (Å²) < 4.78 is 51.1. The number of hydrogen-bond acceptors (Lipinski definition) is 2. The lowest BCUT2D eigenvalue weighted by molar-refractivity contribution is -0.140. The number of benzene rings is 2. The van der Waals surface area contributed by atoms with Gasteiger partial charge in [-0.1, -0.05) is 24.3 Å². The first-order chi connectivity index (χ1) is 9.30. The first-order valence-electron chi connectivity index (χ1n) is 5.70. The first kappa shape index (κ1) is 14.3. The average molecular weight is 285 g/mol. The Morgan fingerprint density at radius 1 is 1.05 bits per heavy atom. The predicted octanol–water partition coefficient (Wildman–Crippen LogP) is 3.51. The number of hydrogen-bond donors (Lipinski definition) is 2. The zero-order valence-electron chi connectivity index (χ0n) is 10.2. The van der Waals surface area contributed by atoms with E-state index in [1.807, 2.05) is 0 Å². The number of para-hydroxylation sites is 1. The van der Waals surface area contributed by atoms with E-state index >= 15 is 0 Å². The van der Waals surface area contributed by atoms with Crippen LogP contribution in [0.2, 0.25) is 0 Å². The largest absolute Gasteiger partial charge is 0.419 e. The van der Waals surface area contributed by atoms with Crippen LogP contribution in [-0.4, -0.2) is 5.11 Å². The summed E-state index contributed by atoms with van der Waals surface area (Å²) in [5.41, 5.74) is 4.69. The molecule has 20 heavy (non-hydrogen) atoms. The Morgan fingerprint density at radius 3 is 2.30 bits per heavy atom. The van der Waals surface area contributed by atoms with Gasteiger partial charge in [-0.2, -0.15) is 13.2 Å². The maximum atomic E-state index is 13.2. The fourth-order valence-corrected chi connectivity index (χ4v) is 1.87. The second-order valence-corrected chi connectivity index (χ2v) is 4.27. The Hall–Kier alpha value is -2.08. The molecule has 0 saturated heterocycles. The van der Waals surface area contributed by atoms with Crippen molar-refractivity contribution >= 4 is 5.69 Å². The number of alkyl halides is 3. The van der Waals surface area contributed by atoms with Crippen molar-refractivity contribution in [2.45, 2.75) is 12.3 Å². The van der Waals surface area contributed by atoms with E-state index in [9.17, 15) is 22.7 Å². The standard InChI is InChI=1S/C14H11F4NO/c15-11-6-5-8(7-10(11)14(16,17)18)13(20)9-3-1-2-4-12(9)19/h1-7,13,20H,19H2. The second kappa shape index (κ2) is 5.13. The molecule has 6 heteroatoms. The minimum atomic E-state index is -4.82. The summed E-state index contributed by atoms with van der Waals surface area (Å²) in [5.74, 6) is -1.38.